The predicted octanol–water partition coefficient (Wildman–Crippen LogP) is 4.74. The van der Waals surface area contributed by atoms with Gasteiger partial charge in [-0.3, -0.25) is 4.79 Å². The smallest absolute Gasteiger partial charge is 0.161 e. The SMILES string of the molecule is O=C(/C=C/N(CCc1ccc(O)cc1)CC1COc2ccccc2O1)C1CCCCC1. The number of nitrogens with zero attached hydrogens (tertiary/aromatic N) is 1. The first-order chi connectivity index (χ1) is 15.2. The Balaban J connectivity index is 1.40. The van der Waals surface area contributed by atoms with Gasteiger partial charge in [-0.25, -0.2) is 0 Å². The number of phenolic OH excluding ortho intramolecular Hbond substituents is 1. The molecule has 0 saturated heterocycles. The lowest BCUT2D eigenvalue weighted by Gasteiger charge is -2.31. The highest BCUT2D eigenvalue weighted by Crippen LogP contribution is 2.31. The van der Waals surface area contributed by atoms with Crippen molar-refractivity contribution in [3.8, 4) is 17.2 Å². The van der Waals surface area contributed by atoms with Gasteiger partial charge < -0.3 is 19.5 Å². The first kappa shape index (κ1) is 21.3. The summed E-state index contributed by atoms with van der Waals surface area (Å²) in [6.45, 7) is 1.87. The van der Waals surface area contributed by atoms with Gasteiger partial charge in [0, 0.05) is 18.7 Å². The minimum atomic E-state index is -0.107. The van der Waals surface area contributed by atoms with E-state index in [-0.39, 0.29) is 23.6 Å². The number of fused-ring (bicyclic) bond motifs is 1. The quantitative estimate of drug-likeness (QED) is 0.624. The van der Waals surface area contributed by atoms with Gasteiger partial charge >= 0.3 is 0 Å². The van der Waals surface area contributed by atoms with Crippen LogP contribution in [0.2, 0.25) is 0 Å². The molecule has 1 atom stereocenters. The summed E-state index contributed by atoms with van der Waals surface area (Å²) in [5.74, 6) is 2.22. The zero-order valence-electron chi connectivity index (χ0n) is 17.9. The Bertz CT molecular complexity index is 887. The van der Waals surface area contributed by atoms with Crippen molar-refractivity contribution in [3.05, 3.63) is 66.4 Å². The van der Waals surface area contributed by atoms with Gasteiger partial charge in [-0.05, 0) is 55.2 Å². The monoisotopic (exact) mass is 421 g/mol. The average molecular weight is 422 g/mol. The maximum absolute atomic E-state index is 12.7. The van der Waals surface area contributed by atoms with Crippen LogP contribution < -0.4 is 9.47 Å². The van der Waals surface area contributed by atoms with Gasteiger partial charge in [-0.2, -0.15) is 0 Å². The number of rotatable bonds is 8. The summed E-state index contributed by atoms with van der Waals surface area (Å²) in [7, 11) is 0. The number of allylic oxidation sites excluding steroid dienone is 1. The number of ketones is 1. The van der Waals surface area contributed by atoms with Crippen molar-refractivity contribution in [1.82, 2.24) is 4.90 Å². The Morgan fingerprint density at radius 1 is 1.03 bits per heavy atom. The van der Waals surface area contributed by atoms with Gasteiger partial charge in [-0.15, -0.1) is 0 Å². The van der Waals surface area contributed by atoms with Crippen LogP contribution in [0.15, 0.2) is 60.8 Å². The van der Waals surface area contributed by atoms with Crippen LogP contribution in [0, 0.1) is 5.92 Å². The van der Waals surface area contributed by atoms with Gasteiger partial charge in [-0.1, -0.05) is 43.5 Å². The maximum atomic E-state index is 12.7. The molecule has 1 saturated carbocycles. The number of hydrogen-bond acceptors (Lipinski definition) is 5. The van der Waals surface area contributed by atoms with Crippen LogP contribution in [0.3, 0.4) is 0 Å². The van der Waals surface area contributed by atoms with Crippen molar-refractivity contribution in [3.63, 3.8) is 0 Å². The molecular formula is C26H31NO4. The van der Waals surface area contributed by atoms with E-state index in [0.717, 1.165) is 55.7 Å². The van der Waals surface area contributed by atoms with Crippen molar-refractivity contribution in [2.24, 2.45) is 5.92 Å². The normalized spacial score (nSPS) is 18.8. The second-order valence-corrected chi connectivity index (χ2v) is 8.46. The topological polar surface area (TPSA) is 59.0 Å². The highest BCUT2D eigenvalue weighted by molar-refractivity contribution is 5.91. The first-order valence-corrected chi connectivity index (χ1v) is 11.3. The molecule has 1 aliphatic carbocycles. The molecule has 0 aromatic heterocycles. The fourth-order valence-corrected chi connectivity index (χ4v) is 4.28. The van der Waals surface area contributed by atoms with Crippen LogP contribution in [0.25, 0.3) is 0 Å². The lowest BCUT2D eigenvalue weighted by Crippen LogP contribution is -2.39. The van der Waals surface area contributed by atoms with Crippen molar-refractivity contribution in [2.75, 3.05) is 19.7 Å². The second kappa shape index (κ2) is 10.4. The summed E-state index contributed by atoms with van der Waals surface area (Å²) >= 11 is 0. The maximum Gasteiger partial charge on any atom is 0.161 e. The predicted molar refractivity (Wildman–Crippen MR) is 120 cm³/mol. The molecule has 1 aliphatic heterocycles. The molecular weight excluding hydrogens is 390 g/mol. The van der Waals surface area contributed by atoms with Gasteiger partial charge in [0.25, 0.3) is 0 Å². The fraction of sp³-hybridized carbons (Fsp3) is 0.423. The fourth-order valence-electron chi connectivity index (χ4n) is 4.28. The molecule has 0 amide bonds. The third kappa shape index (κ3) is 6.03. The summed E-state index contributed by atoms with van der Waals surface area (Å²) in [6, 6.07) is 15.0. The molecule has 164 valence electrons. The number of benzene rings is 2. The molecule has 4 rings (SSSR count). The van der Waals surface area contributed by atoms with Crippen molar-refractivity contribution in [2.45, 2.75) is 44.6 Å². The molecule has 0 bridgehead atoms. The Hall–Kier alpha value is -2.95. The third-order valence-corrected chi connectivity index (χ3v) is 6.09. The number of carbonyl (C=O) groups is 1. The van der Waals surface area contributed by atoms with Crippen LogP contribution >= 0.6 is 0 Å². The number of aromatic hydroxyl groups is 1. The Kier molecular flexibility index (Phi) is 7.13. The van der Waals surface area contributed by atoms with Gasteiger partial charge in [0.15, 0.2) is 23.4 Å². The molecule has 1 fully saturated rings. The Morgan fingerprint density at radius 2 is 1.77 bits per heavy atom. The lowest BCUT2D eigenvalue weighted by atomic mass is 9.86. The van der Waals surface area contributed by atoms with E-state index in [1.165, 1.54) is 6.42 Å². The molecule has 2 aromatic carbocycles. The molecule has 31 heavy (non-hydrogen) atoms. The van der Waals surface area contributed by atoms with Crippen LogP contribution in [0.1, 0.15) is 37.7 Å². The summed E-state index contributed by atoms with van der Waals surface area (Å²) in [4.78, 5) is 14.8. The van der Waals surface area contributed by atoms with E-state index in [1.807, 2.05) is 42.6 Å². The average Bonchev–Trinajstić information content (AvgIpc) is 2.82. The van der Waals surface area contributed by atoms with Crippen LogP contribution in [-0.4, -0.2) is 41.6 Å². The largest absolute Gasteiger partial charge is 0.508 e. The van der Waals surface area contributed by atoms with E-state index in [1.54, 1.807) is 18.2 Å². The number of para-hydroxylation sites is 2. The number of carbonyl (C=O) groups excluding carboxylic acids is 1. The zero-order valence-corrected chi connectivity index (χ0v) is 17.9. The standard InChI is InChI=1S/C26H31NO4/c28-22-12-10-20(11-13-22)14-16-27(17-15-24(29)21-6-2-1-3-7-21)18-23-19-30-25-8-4-5-9-26(25)31-23/h4-5,8-13,15,17,21,23,28H,1-3,6-7,14,16,18-19H2/b17-15+. The third-order valence-electron chi connectivity index (χ3n) is 6.09. The van der Waals surface area contributed by atoms with Gasteiger partial charge in [0.2, 0.25) is 0 Å². The molecule has 0 radical (unpaired) electrons. The molecule has 1 N–H and O–H groups in total. The molecule has 1 unspecified atom stereocenters. The van der Waals surface area contributed by atoms with Gasteiger partial charge in [0.05, 0.1) is 6.54 Å². The minimum Gasteiger partial charge on any atom is -0.508 e. The van der Waals surface area contributed by atoms with Crippen molar-refractivity contribution >= 4 is 5.78 Å². The highest BCUT2D eigenvalue weighted by Gasteiger charge is 2.23. The highest BCUT2D eigenvalue weighted by atomic mass is 16.6. The molecule has 5 nitrogen and oxygen atoms in total. The van der Waals surface area contributed by atoms with E-state index in [9.17, 15) is 9.90 Å². The molecule has 2 aromatic rings. The Morgan fingerprint density at radius 3 is 2.55 bits per heavy atom. The minimum absolute atomic E-state index is 0.107. The number of hydrogen-bond donors (Lipinski definition) is 1. The summed E-state index contributed by atoms with van der Waals surface area (Å²) in [5, 5.41) is 9.51. The lowest BCUT2D eigenvalue weighted by molar-refractivity contribution is -0.119. The Labute approximate surface area is 184 Å². The van der Waals surface area contributed by atoms with E-state index >= 15 is 0 Å². The van der Waals surface area contributed by atoms with Crippen molar-refractivity contribution in [1.29, 1.82) is 0 Å². The summed E-state index contributed by atoms with van der Waals surface area (Å²) < 4.78 is 12.0. The molecule has 5 heteroatoms. The van der Waals surface area contributed by atoms with Gasteiger partial charge in [0.1, 0.15) is 12.4 Å². The van der Waals surface area contributed by atoms with E-state index in [4.69, 9.17) is 9.47 Å². The van der Waals surface area contributed by atoms with Crippen LogP contribution in [-0.2, 0) is 11.2 Å². The number of ether oxygens (including phenoxy) is 2. The molecule has 0 spiro atoms. The number of phenols is 1. The summed E-state index contributed by atoms with van der Waals surface area (Å²) in [6.07, 6.45) is 9.96. The molecule has 2 aliphatic rings. The van der Waals surface area contributed by atoms with Crippen LogP contribution in [0.4, 0.5) is 0 Å². The second-order valence-electron chi connectivity index (χ2n) is 8.46. The first-order valence-electron chi connectivity index (χ1n) is 11.3. The molecule has 1 heterocycles. The zero-order chi connectivity index (χ0) is 21.5. The van der Waals surface area contributed by atoms with E-state index < -0.39 is 0 Å². The van der Waals surface area contributed by atoms with E-state index in [0.29, 0.717) is 13.2 Å². The van der Waals surface area contributed by atoms with Crippen molar-refractivity contribution < 1.29 is 19.4 Å². The van der Waals surface area contributed by atoms with E-state index in [2.05, 4.69) is 4.90 Å². The summed E-state index contributed by atoms with van der Waals surface area (Å²) in [5.41, 5.74) is 1.14. The van der Waals surface area contributed by atoms with Crippen LogP contribution in [0.5, 0.6) is 17.2 Å².